The number of methoxy groups -OCH3 is 1. The Bertz CT molecular complexity index is 5030. The Balaban J connectivity index is 1.12. The maximum atomic E-state index is 15.7. The number of carbonyl (C=O) groups excluding carboxylic acids is 15. The number of nitrogens with zero attached hydrogens (tertiary/aromatic N) is 5. The summed E-state index contributed by atoms with van der Waals surface area (Å²) in [5.74, 6) is -18.0. The van der Waals surface area contributed by atoms with Crippen LogP contribution in [0.2, 0.25) is 0 Å². The molecule has 0 aliphatic carbocycles. The minimum atomic E-state index is -1.90. The largest absolute Gasteiger partial charge is 0.508 e. The van der Waals surface area contributed by atoms with E-state index in [-0.39, 0.29) is 114 Å². The van der Waals surface area contributed by atoms with Crippen LogP contribution in [-0.4, -0.2) is 284 Å². The molecule has 1 aromatic heterocycles. The molecular weight excluding hydrogens is 1710 g/mol. The molecule has 0 spiro atoms. The normalized spacial score (nSPS) is 23.8. The highest BCUT2D eigenvalue weighted by molar-refractivity contribution is 8.00. The number of rotatable bonds is 24. The molecule has 0 radical (unpaired) electrons. The van der Waals surface area contributed by atoms with E-state index in [1.54, 1.807) is 88.5 Å². The van der Waals surface area contributed by atoms with E-state index in [0.717, 1.165) is 33.7 Å². The quantitative estimate of drug-likeness (QED) is 0.0413. The molecule has 6 aromatic rings. The Kier molecular flexibility index (Phi) is 37.7. The number of aromatic amines is 1. The summed E-state index contributed by atoms with van der Waals surface area (Å²) in [5, 5.41) is 56.0. The maximum absolute atomic E-state index is 15.7. The van der Waals surface area contributed by atoms with Gasteiger partial charge in [0, 0.05) is 109 Å². The number of hydrogen-bond acceptors (Lipinski definition) is 20. The maximum Gasteiger partial charge on any atom is 0.305 e. The highest BCUT2D eigenvalue weighted by atomic mass is 32.2. The zero-order valence-electron chi connectivity index (χ0n) is 75.1. The lowest BCUT2D eigenvalue weighted by molar-refractivity contribution is -0.152. The Labute approximate surface area is 763 Å². The number of halogens is 1. The molecule has 13 atom stereocenters. The fraction of sp³-hybridized carbons (Fsp3) is 0.484. The number of ether oxygens (including phenoxy) is 1. The van der Waals surface area contributed by atoms with Gasteiger partial charge in [-0.05, 0) is 121 Å². The molecule has 3 aliphatic heterocycles. The van der Waals surface area contributed by atoms with Gasteiger partial charge in [-0.3, -0.25) is 76.7 Å². The lowest BCUT2D eigenvalue weighted by Gasteiger charge is -2.38. The number of phenolic OH excluding ortho intramolecular Hbond substituents is 2. The second kappa shape index (κ2) is 48.6. The molecule has 36 nitrogen and oxygen atoms in total. The average molecular weight is 1830 g/mol. The molecule has 131 heavy (non-hydrogen) atoms. The van der Waals surface area contributed by atoms with Gasteiger partial charge in [-0.15, -0.1) is 11.8 Å². The van der Waals surface area contributed by atoms with Crippen LogP contribution in [-0.2, 0) is 114 Å². The van der Waals surface area contributed by atoms with Gasteiger partial charge in [0.2, 0.25) is 88.6 Å². The van der Waals surface area contributed by atoms with Gasteiger partial charge in [-0.2, -0.15) is 0 Å². The Morgan fingerprint density at radius 2 is 1.02 bits per heavy atom. The van der Waals surface area contributed by atoms with Crippen LogP contribution in [0, 0.1) is 17.7 Å². The van der Waals surface area contributed by atoms with Crippen LogP contribution in [0.5, 0.6) is 11.5 Å². The van der Waals surface area contributed by atoms with Crippen LogP contribution in [0.1, 0.15) is 127 Å². The number of hydrogen-bond donors (Lipinski definition) is 14. The number of nitrogens with two attached hydrogens (primary N) is 1. The molecule has 5 aromatic carbocycles. The number of H-pyrrole nitrogens is 1. The number of benzene rings is 5. The van der Waals surface area contributed by atoms with E-state index in [1.165, 1.54) is 104 Å². The SMILES string of the molecule is CCCC[C@H]1C(=O)N2CCC[C@@H]2C(=O)N[C@@H](CC(=O)O)C(=O)N[C@@H](C(C)C)C(=O)N(C)[C@@H](CCOC)C(=O)N[C@@H](Cc2ccc(O)cc2)C(=O)N2CCC[C@@H]2C(=O)N[C@@H](Cc2c[nH]c3ccccc23)C(=O)N[C@@H](Cc2ccc(O)cc2)C(=O)N[C@@H](CC(C)C)C(=O)N[C@H](C(=O)NCC(N)=O)CSCC(=O)N[C@@H](Cc2ccc(F)cc2)C(=O)N(C)[C@@H](Cc2ccccc2)C(=O)N1C. The highest BCUT2D eigenvalue weighted by Crippen LogP contribution is 2.28. The van der Waals surface area contributed by atoms with Crippen LogP contribution in [0.15, 0.2) is 134 Å². The molecule has 9 rings (SSSR count). The number of thioether (sulfide) groups is 1. The Morgan fingerprint density at radius 1 is 0.527 bits per heavy atom. The Morgan fingerprint density at radius 3 is 1.60 bits per heavy atom. The van der Waals surface area contributed by atoms with E-state index < -0.39 is 209 Å². The molecule has 3 aliphatic rings. The van der Waals surface area contributed by atoms with Crippen molar-refractivity contribution < 1.29 is 101 Å². The topological polar surface area (TPSA) is 509 Å². The van der Waals surface area contributed by atoms with E-state index in [9.17, 15) is 48.5 Å². The van der Waals surface area contributed by atoms with Crippen molar-refractivity contribution in [2.75, 3.05) is 66.0 Å². The molecule has 3 fully saturated rings. The molecule has 38 heteroatoms. The molecule has 4 heterocycles. The van der Waals surface area contributed by atoms with Gasteiger partial charge in [0.1, 0.15) is 95.9 Å². The van der Waals surface area contributed by atoms with Gasteiger partial charge in [0.05, 0.1) is 18.7 Å². The number of primary amides is 1. The van der Waals surface area contributed by atoms with E-state index in [0.29, 0.717) is 51.6 Å². The van der Waals surface area contributed by atoms with Crippen LogP contribution < -0.4 is 53.6 Å². The summed E-state index contributed by atoms with van der Waals surface area (Å²) in [7, 11) is 5.31. The van der Waals surface area contributed by atoms with Crippen molar-refractivity contribution in [3.63, 3.8) is 0 Å². The molecule has 706 valence electrons. The third kappa shape index (κ3) is 28.7. The number of carboxylic acids is 1. The fourth-order valence-electron chi connectivity index (χ4n) is 16.4. The summed E-state index contributed by atoms with van der Waals surface area (Å²) >= 11 is 0.791. The number of nitrogens with one attached hydrogen (secondary N) is 10. The number of aromatic nitrogens is 1. The van der Waals surface area contributed by atoms with E-state index >= 15 is 47.9 Å². The summed E-state index contributed by atoms with van der Waals surface area (Å²) in [6.45, 7) is 7.48. The van der Waals surface area contributed by atoms with E-state index in [2.05, 4.69) is 52.8 Å². The number of likely N-dealkylation sites (N-methyl/N-ethyl adjacent to an activating group) is 3. The van der Waals surface area contributed by atoms with Gasteiger partial charge < -0.3 is 103 Å². The molecule has 0 saturated carbocycles. The van der Waals surface area contributed by atoms with E-state index in [1.807, 2.05) is 6.92 Å². The third-order valence-corrected chi connectivity index (χ3v) is 24.6. The summed E-state index contributed by atoms with van der Waals surface area (Å²) in [4.78, 5) is 246. The number of aliphatic carboxylic acids is 1. The number of amides is 15. The van der Waals surface area contributed by atoms with Crippen LogP contribution in [0.3, 0.4) is 0 Å². The molecule has 0 unspecified atom stereocenters. The molecule has 0 bridgehead atoms. The zero-order chi connectivity index (χ0) is 95.4. The molecule has 15 amide bonds. The second-order valence-corrected chi connectivity index (χ2v) is 35.2. The third-order valence-electron chi connectivity index (χ3n) is 23.6. The first kappa shape index (κ1) is 102. The van der Waals surface area contributed by atoms with Crippen molar-refractivity contribution in [1.29, 1.82) is 0 Å². The number of carboxylic acid groups (broad SMARTS) is 1. The summed E-state index contributed by atoms with van der Waals surface area (Å²) in [5.41, 5.74) is 8.37. The van der Waals surface area contributed by atoms with Crippen molar-refractivity contribution in [1.82, 2.24) is 77.3 Å². The smallest absolute Gasteiger partial charge is 0.305 e. The first-order valence-electron chi connectivity index (χ1n) is 44.0. The first-order valence-corrected chi connectivity index (χ1v) is 45.2. The summed E-state index contributed by atoms with van der Waals surface area (Å²) < 4.78 is 20.1. The van der Waals surface area contributed by atoms with Crippen molar-refractivity contribution in [3.05, 3.63) is 167 Å². The number of phenols is 2. The van der Waals surface area contributed by atoms with Crippen molar-refractivity contribution >= 4 is 117 Å². The zero-order valence-corrected chi connectivity index (χ0v) is 75.9. The Hall–Kier alpha value is -13.0. The standard InChI is InChI=1S/C93H121FN16O20S/c1-10-11-23-75-92(128)110-40-18-25-74(110)88(124)102-68(48-79(115)116)85(121)105-80(54(4)5)93(129)106(6)72(38-41-130-9)86(122)103-70(45-58-30-36-62(112)37-31-58)90(126)109-39-17-24-73(109)87(123)101-67(47-59-49-96-64-22-16-15-21-63(59)64)84(120)100-66(43-57-28-34-61(111)35-29-57)83(119)99-65(42-53(2)3)82(118)104-71(81(117)97-50-77(95)113)51-131-52-78(114)98-69(44-56-26-32-60(94)33-27-56)89(125)108(8)76(91(127)107(75)7)46-55-19-13-12-14-20-55/h12-16,19-22,26-37,49,53-54,65-76,80,96,111-112H,10-11,17-18,23-25,38-48,50-52H2,1-9H3,(H2,95,113)(H,97,117)(H,98,114)(H,99,119)(H,100,120)(H,101,123)(H,102,124)(H,103,122)(H,104,118)(H,105,121)(H,115,116)/t65-,66-,67-,68-,69-,70-,71-,72-,73+,74+,75-,76-,80-/m0/s1. The number of aromatic hydroxyl groups is 2. The molecule has 3 saturated heterocycles. The number of unbranched alkanes of at least 4 members (excludes halogenated alkanes) is 1. The highest BCUT2D eigenvalue weighted by Gasteiger charge is 2.46. The average Bonchev–Trinajstić information content (AvgIpc) is 1.61. The lowest BCUT2D eigenvalue weighted by Crippen LogP contribution is -2.62. The molecule has 15 N–H and O–H groups in total. The van der Waals surface area contributed by atoms with Gasteiger partial charge in [-0.1, -0.05) is 132 Å². The minimum absolute atomic E-state index is 0.00517. The van der Waals surface area contributed by atoms with Crippen molar-refractivity contribution in [2.45, 2.75) is 209 Å². The predicted octanol–water partition coefficient (Wildman–Crippen LogP) is 2.32. The fourth-order valence-corrected chi connectivity index (χ4v) is 17.2. The van der Waals surface area contributed by atoms with Gasteiger partial charge in [-0.25, -0.2) is 4.39 Å². The van der Waals surface area contributed by atoms with E-state index in [4.69, 9.17) is 10.5 Å². The van der Waals surface area contributed by atoms with Crippen molar-refractivity contribution in [2.24, 2.45) is 17.6 Å². The predicted molar refractivity (Wildman–Crippen MR) is 483 cm³/mol. The number of para-hydroxylation sites is 1. The lowest BCUT2D eigenvalue weighted by atomic mass is 9.99. The summed E-state index contributed by atoms with van der Waals surface area (Å²) in [6.07, 6.45) is 0.367. The van der Waals surface area contributed by atoms with Gasteiger partial charge >= 0.3 is 5.97 Å². The summed E-state index contributed by atoms with van der Waals surface area (Å²) in [6, 6.07) is 12.4. The monoisotopic (exact) mass is 1830 g/mol. The van der Waals surface area contributed by atoms with Gasteiger partial charge in [0.15, 0.2) is 0 Å². The minimum Gasteiger partial charge on any atom is -0.508 e. The number of carbonyl (C=O) groups is 16. The van der Waals surface area contributed by atoms with Gasteiger partial charge in [0.25, 0.3) is 0 Å². The second-order valence-electron chi connectivity index (χ2n) is 34.2. The van der Waals surface area contributed by atoms with Crippen molar-refractivity contribution in [3.8, 4) is 11.5 Å². The number of fused-ring (bicyclic) bond motifs is 3. The van der Waals surface area contributed by atoms with Crippen LogP contribution in [0.25, 0.3) is 10.9 Å². The van der Waals surface area contributed by atoms with Crippen LogP contribution >= 0.6 is 11.8 Å². The van der Waals surface area contributed by atoms with Crippen LogP contribution in [0.4, 0.5) is 4.39 Å². The molecular formula is C93H121FN16O20S. The first-order chi connectivity index (χ1) is 62.4.